The highest BCUT2D eigenvalue weighted by molar-refractivity contribution is 7.92. The number of carbonyl (C=O) groups excluding carboxylic acids is 3. The molecule has 1 aliphatic heterocycles. The number of sulfonamides is 1. The molecule has 1 aliphatic rings. The van der Waals surface area contributed by atoms with Crippen LogP contribution in [0.2, 0.25) is 0 Å². The summed E-state index contributed by atoms with van der Waals surface area (Å²) in [6.45, 7) is 1.54. The summed E-state index contributed by atoms with van der Waals surface area (Å²) in [7, 11) is -3.79. The van der Waals surface area contributed by atoms with Crippen molar-refractivity contribution in [3.8, 4) is 0 Å². The molecule has 3 rings (SSSR count). The van der Waals surface area contributed by atoms with Crippen LogP contribution in [0.5, 0.6) is 0 Å². The third kappa shape index (κ3) is 4.55. The summed E-state index contributed by atoms with van der Waals surface area (Å²) in [6, 6.07) is 12.3. The van der Waals surface area contributed by atoms with Crippen LogP contribution < -0.4 is 10.0 Å². The van der Waals surface area contributed by atoms with Crippen molar-refractivity contribution < 1.29 is 22.8 Å². The first kappa shape index (κ1) is 19.6. The summed E-state index contributed by atoms with van der Waals surface area (Å²) < 4.78 is 27.4. The molecule has 0 radical (unpaired) electrons. The Morgan fingerprint density at radius 1 is 0.929 bits per heavy atom. The van der Waals surface area contributed by atoms with Gasteiger partial charge in [0, 0.05) is 31.1 Å². The highest BCUT2D eigenvalue weighted by Gasteiger charge is 2.28. The SMILES string of the molecule is CC(=O)Nc1ccc(S(=O)(=O)Nc2ccc(CN3C(=O)CCC3=O)cc2)cc1. The number of anilines is 2. The minimum absolute atomic E-state index is 0.0546. The van der Waals surface area contributed by atoms with Crippen LogP contribution in [0.15, 0.2) is 53.4 Å². The zero-order valence-electron chi connectivity index (χ0n) is 15.1. The van der Waals surface area contributed by atoms with E-state index in [2.05, 4.69) is 10.0 Å². The van der Waals surface area contributed by atoms with Gasteiger partial charge >= 0.3 is 0 Å². The zero-order valence-corrected chi connectivity index (χ0v) is 16.0. The molecule has 2 N–H and O–H groups in total. The lowest BCUT2D eigenvalue weighted by Gasteiger charge is -2.14. The molecule has 8 nitrogen and oxygen atoms in total. The number of nitrogens with one attached hydrogen (secondary N) is 2. The first-order chi connectivity index (χ1) is 13.2. The molecule has 0 atom stereocenters. The summed E-state index contributed by atoms with van der Waals surface area (Å²) in [6.07, 6.45) is 0.467. The maximum Gasteiger partial charge on any atom is 0.261 e. The average molecular weight is 401 g/mol. The molecule has 1 saturated heterocycles. The van der Waals surface area contributed by atoms with Crippen molar-refractivity contribution >= 4 is 39.1 Å². The van der Waals surface area contributed by atoms with Crippen molar-refractivity contribution in [3.63, 3.8) is 0 Å². The fraction of sp³-hybridized carbons (Fsp3) is 0.211. The maximum absolute atomic E-state index is 12.5. The maximum atomic E-state index is 12.5. The van der Waals surface area contributed by atoms with Gasteiger partial charge in [-0.25, -0.2) is 8.42 Å². The van der Waals surface area contributed by atoms with Gasteiger partial charge in [-0.2, -0.15) is 0 Å². The van der Waals surface area contributed by atoms with Gasteiger partial charge in [-0.1, -0.05) is 12.1 Å². The minimum Gasteiger partial charge on any atom is -0.326 e. The van der Waals surface area contributed by atoms with Gasteiger partial charge in [-0.15, -0.1) is 0 Å². The molecular weight excluding hydrogens is 382 g/mol. The smallest absolute Gasteiger partial charge is 0.261 e. The van der Waals surface area contributed by atoms with E-state index in [1.165, 1.54) is 36.1 Å². The predicted molar refractivity (Wildman–Crippen MR) is 103 cm³/mol. The Labute approximate surface area is 162 Å². The second-order valence-corrected chi connectivity index (χ2v) is 8.06. The Kier molecular flexibility index (Phi) is 5.46. The Bertz CT molecular complexity index is 999. The first-order valence-corrected chi connectivity index (χ1v) is 10.1. The predicted octanol–water partition coefficient (Wildman–Crippen LogP) is 2.09. The van der Waals surface area contributed by atoms with Crippen molar-refractivity contribution in [3.05, 3.63) is 54.1 Å². The molecule has 0 aliphatic carbocycles. The van der Waals surface area contributed by atoms with Crippen LogP contribution in [0.25, 0.3) is 0 Å². The van der Waals surface area contributed by atoms with Gasteiger partial charge in [-0.3, -0.25) is 24.0 Å². The molecular formula is C19H19N3O5S. The summed E-state index contributed by atoms with van der Waals surface area (Å²) >= 11 is 0. The van der Waals surface area contributed by atoms with Crippen molar-refractivity contribution in [1.29, 1.82) is 0 Å². The third-order valence-corrected chi connectivity index (χ3v) is 5.58. The van der Waals surface area contributed by atoms with Crippen LogP contribution in [0.3, 0.4) is 0 Å². The largest absolute Gasteiger partial charge is 0.326 e. The van der Waals surface area contributed by atoms with E-state index < -0.39 is 10.0 Å². The molecule has 2 aromatic carbocycles. The number of benzene rings is 2. The lowest BCUT2D eigenvalue weighted by molar-refractivity contribution is -0.139. The third-order valence-electron chi connectivity index (χ3n) is 4.19. The van der Waals surface area contributed by atoms with E-state index >= 15 is 0 Å². The molecule has 3 amide bonds. The number of amides is 3. The second kappa shape index (κ2) is 7.81. The van der Waals surface area contributed by atoms with Crippen LogP contribution >= 0.6 is 0 Å². The van der Waals surface area contributed by atoms with Crippen molar-refractivity contribution in [2.45, 2.75) is 31.2 Å². The Morgan fingerprint density at radius 2 is 1.46 bits per heavy atom. The minimum atomic E-state index is -3.79. The lowest BCUT2D eigenvalue weighted by atomic mass is 10.2. The summed E-state index contributed by atoms with van der Waals surface area (Å²) in [4.78, 5) is 35.6. The number of carbonyl (C=O) groups is 3. The van der Waals surface area contributed by atoms with E-state index in [9.17, 15) is 22.8 Å². The molecule has 0 saturated carbocycles. The van der Waals surface area contributed by atoms with Gasteiger partial charge in [0.1, 0.15) is 0 Å². The quantitative estimate of drug-likeness (QED) is 0.720. The molecule has 1 fully saturated rings. The Hall–Kier alpha value is -3.20. The number of likely N-dealkylation sites (tertiary alicyclic amines) is 1. The van der Waals surface area contributed by atoms with Crippen LogP contribution in [0.1, 0.15) is 25.3 Å². The zero-order chi connectivity index (χ0) is 20.3. The molecule has 0 bridgehead atoms. The fourth-order valence-electron chi connectivity index (χ4n) is 2.79. The number of rotatable bonds is 6. The van der Waals surface area contributed by atoms with Gasteiger partial charge < -0.3 is 5.32 Å². The Balaban J connectivity index is 1.68. The van der Waals surface area contributed by atoms with Crippen LogP contribution in [-0.4, -0.2) is 31.0 Å². The van der Waals surface area contributed by atoms with Gasteiger partial charge in [0.15, 0.2) is 0 Å². The van der Waals surface area contributed by atoms with Crippen molar-refractivity contribution in [1.82, 2.24) is 4.90 Å². The summed E-state index contributed by atoms with van der Waals surface area (Å²) in [5.41, 5.74) is 1.58. The molecule has 28 heavy (non-hydrogen) atoms. The van der Waals surface area contributed by atoms with E-state index in [0.29, 0.717) is 11.4 Å². The fourth-order valence-corrected chi connectivity index (χ4v) is 3.85. The van der Waals surface area contributed by atoms with E-state index in [-0.39, 0.29) is 42.0 Å². The second-order valence-electron chi connectivity index (χ2n) is 6.38. The molecule has 9 heteroatoms. The number of hydrogen-bond acceptors (Lipinski definition) is 5. The van der Waals surface area contributed by atoms with Crippen LogP contribution in [0.4, 0.5) is 11.4 Å². The number of nitrogens with zero attached hydrogens (tertiary/aromatic N) is 1. The average Bonchev–Trinajstić information content (AvgIpc) is 2.95. The number of imide groups is 1. The van der Waals surface area contributed by atoms with Gasteiger partial charge in [0.05, 0.1) is 11.4 Å². The van der Waals surface area contributed by atoms with Crippen LogP contribution in [0, 0.1) is 0 Å². The van der Waals surface area contributed by atoms with Crippen molar-refractivity contribution in [2.24, 2.45) is 0 Å². The topological polar surface area (TPSA) is 113 Å². The molecule has 0 aromatic heterocycles. The monoisotopic (exact) mass is 401 g/mol. The van der Waals surface area contributed by atoms with Gasteiger partial charge in [-0.05, 0) is 42.0 Å². The normalized spacial score (nSPS) is 14.2. The van der Waals surface area contributed by atoms with E-state index in [4.69, 9.17) is 0 Å². The number of hydrogen-bond donors (Lipinski definition) is 2. The highest BCUT2D eigenvalue weighted by Crippen LogP contribution is 2.20. The molecule has 2 aromatic rings. The molecule has 0 unspecified atom stereocenters. The lowest BCUT2D eigenvalue weighted by Crippen LogP contribution is -2.28. The molecule has 0 spiro atoms. The standard InChI is InChI=1S/C19H19N3O5S/c1-13(23)20-15-6-8-17(9-7-15)28(26,27)21-16-4-2-14(3-5-16)12-22-18(24)10-11-19(22)25/h2-9,21H,10-12H2,1H3,(H,20,23). The molecule has 146 valence electrons. The Morgan fingerprint density at radius 3 is 2.00 bits per heavy atom. The van der Waals surface area contributed by atoms with Gasteiger partial charge in [0.25, 0.3) is 10.0 Å². The van der Waals surface area contributed by atoms with E-state index in [1.54, 1.807) is 24.3 Å². The van der Waals surface area contributed by atoms with Crippen molar-refractivity contribution in [2.75, 3.05) is 10.0 Å². The van der Waals surface area contributed by atoms with Gasteiger partial charge in [0.2, 0.25) is 17.7 Å². The van der Waals surface area contributed by atoms with E-state index in [0.717, 1.165) is 5.56 Å². The summed E-state index contributed by atoms with van der Waals surface area (Å²) in [5, 5.41) is 2.57. The van der Waals surface area contributed by atoms with E-state index in [1.807, 2.05) is 0 Å². The first-order valence-electron chi connectivity index (χ1n) is 8.57. The van der Waals surface area contributed by atoms with Crippen LogP contribution in [-0.2, 0) is 31.0 Å². The molecule has 1 heterocycles. The highest BCUT2D eigenvalue weighted by atomic mass is 32.2. The summed E-state index contributed by atoms with van der Waals surface area (Å²) in [5.74, 6) is -0.638.